The van der Waals surface area contributed by atoms with Crippen molar-refractivity contribution in [1.29, 1.82) is 0 Å². The second-order valence-electron chi connectivity index (χ2n) is 5.75. The molecule has 2 aliphatic rings. The summed E-state index contributed by atoms with van der Waals surface area (Å²) in [5.41, 5.74) is 0. The lowest BCUT2D eigenvalue weighted by Crippen LogP contribution is -2.37. The van der Waals surface area contributed by atoms with Gasteiger partial charge in [0.2, 0.25) is 5.91 Å². The van der Waals surface area contributed by atoms with Crippen LogP contribution in [0.5, 0.6) is 0 Å². The van der Waals surface area contributed by atoms with Crippen LogP contribution in [-0.2, 0) is 4.79 Å². The Morgan fingerprint density at radius 1 is 1.12 bits per heavy atom. The van der Waals surface area contributed by atoms with Crippen LogP contribution >= 0.6 is 0 Å². The van der Waals surface area contributed by atoms with Crippen LogP contribution in [0.3, 0.4) is 0 Å². The van der Waals surface area contributed by atoms with Gasteiger partial charge in [-0.25, -0.2) is 0 Å². The van der Waals surface area contributed by atoms with E-state index in [0.717, 1.165) is 19.5 Å². The van der Waals surface area contributed by atoms with Gasteiger partial charge in [-0.15, -0.1) is 0 Å². The average molecular weight is 238 g/mol. The minimum Gasteiger partial charge on any atom is -0.355 e. The largest absolute Gasteiger partial charge is 0.355 e. The van der Waals surface area contributed by atoms with Gasteiger partial charge in [0.25, 0.3) is 0 Å². The molecule has 3 nitrogen and oxygen atoms in total. The summed E-state index contributed by atoms with van der Waals surface area (Å²) >= 11 is 0. The van der Waals surface area contributed by atoms with Crippen LogP contribution in [0.2, 0.25) is 0 Å². The Balaban J connectivity index is 1.51. The lowest BCUT2D eigenvalue weighted by molar-refractivity contribution is -0.122. The first-order valence-electron chi connectivity index (χ1n) is 7.28. The normalized spacial score (nSPS) is 29.7. The molecule has 2 rings (SSSR count). The van der Waals surface area contributed by atoms with E-state index in [0.29, 0.717) is 17.9 Å². The molecule has 0 saturated heterocycles. The third-order valence-electron chi connectivity index (χ3n) is 4.16. The molecule has 2 saturated carbocycles. The number of amides is 1. The van der Waals surface area contributed by atoms with E-state index in [1.54, 1.807) is 0 Å². The van der Waals surface area contributed by atoms with Crippen molar-refractivity contribution < 1.29 is 4.79 Å². The molecule has 1 amide bonds. The van der Waals surface area contributed by atoms with Gasteiger partial charge in [0, 0.05) is 25.0 Å². The van der Waals surface area contributed by atoms with Crippen molar-refractivity contribution in [2.45, 2.75) is 57.9 Å². The van der Waals surface area contributed by atoms with Gasteiger partial charge >= 0.3 is 0 Å². The highest BCUT2D eigenvalue weighted by Gasteiger charge is 2.38. The Bertz CT molecular complexity index is 247. The molecule has 0 aliphatic heterocycles. The highest BCUT2D eigenvalue weighted by atomic mass is 16.2. The van der Waals surface area contributed by atoms with Crippen LogP contribution in [0.4, 0.5) is 0 Å². The van der Waals surface area contributed by atoms with E-state index in [1.165, 1.54) is 38.5 Å². The molecule has 2 atom stereocenters. The Labute approximate surface area is 105 Å². The summed E-state index contributed by atoms with van der Waals surface area (Å²) in [6, 6.07) is 0.689. The highest BCUT2D eigenvalue weighted by Crippen LogP contribution is 2.37. The van der Waals surface area contributed by atoms with Crippen molar-refractivity contribution in [3.8, 4) is 0 Å². The summed E-state index contributed by atoms with van der Waals surface area (Å²) in [5.74, 6) is 1.19. The number of carbonyl (C=O) groups is 1. The number of hydrogen-bond donors (Lipinski definition) is 2. The molecule has 3 heteroatoms. The zero-order valence-corrected chi connectivity index (χ0v) is 11.0. The van der Waals surface area contributed by atoms with Gasteiger partial charge in [0.1, 0.15) is 0 Å². The first-order valence-corrected chi connectivity index (χ1v) is 7.28. The highest BCUT2D eigenvalue weighted by molar-refractivity contribution is 5.81. The van der Waals surface area contributed by atoms with Crippen molar-refractivity contribution in [2.75, 3.05) is 13.1 Å². The van der Waals surface area contributed by atoms with Crippen molar-refractivity contribution in [1.82, 2.24) is 10.6 Å². The minimum absolute atomic E-state index is 0.264. The average Bonchev–Trinajstić information content (AvgIpc) is 3.08. The van der Waals surface area contributed by atoms with E-state index in [4.69, 9.17) is 0 Å². The van der Waals surface area contributed by atoms with Crippen LogP contribution in [0.1, 0.15) is 51.9 Å². The summed E-state index contributed by atoms with van der Waals surface area (Å²) < 4.78 is 0. The van der Waals surface area contributed by atoms with Gasteiger partial charge in [-0.05, 0) is 25.2 Å². The van der Waals surface area contributed by atoms with Crippen LogP contribution in [0, 0.1) is 11.8 Å². The molecule has 0 aromatic heterocycles. The third-order valence-corrected chi connectivity index (χ3v) is 4.16. The van der Waals surface area contributed by atoms with Gasteiger partial charge in [0.15, 0.2) is 0 Å². The Morgan fingerprint density at radius 2 is 1.76 bits per heavy atom. The summed E-state index contributed by atoms with van der Waals surface area (Å²) in [6.07, 6.45) is 9.24. The topological polar surface area (TPSA) is 41.1 Å². The second-order valence-corrected chi connectivity index (χ2v) is 5.75. The van der Waals surface area contributed by atoms with Gasteiger partial charge in [0.05, 0.1) is 0 Å². The van der Waals surface area contributed by atoms with E-state index in [9.17, 15) is 4.79 Å². The van der Waals surface area contributed by atoms with Crippen molar-refractivity contribution in [2.24, 2.45) is 11.8 Å². The number of carbonyl (C=O) groups excluding carboxylic acids is 1. The van der Waals surface area contributed by atoms with Crippen LogP contribution in [0.15, 0.2) is 0 Å². The summed E-state index contributed by atoms with van der Waals surface area (Å²) in [4.78, 5) is 11.6. The van der Waals surface area contributed by atoms with Gasteiger partial charge in [-0.3, -0.25) is 4.79 Å². The maximum absolute atomic E-state index is 11.6. The molecule has 17 heavy (non-hydrogen) atoms. The molecular weight excluding hydrogens is 212 g/mol. The monoisotopic (exact) mass is 238 g/mol. The molecule has 0 spiro atoms. The van der Waals surface area contributed by atoms with E-state index < -0.39 is 0 Å². The predicted octanol–water partition coefficient (Wildman–Crippen LogP) is 2.07. The maximum Gasteiger partial charge on any atom is 0.223 e. The van der Waals surface area contributed by atoms with Gasteiger partial charge < -0.3 is 10.6 Å². The van der Waals surface area contributed by atoms with E-state index in [2.05, 4.69) is 17.6 Å². The Hall–Kier alpha value is -0.570. The van der Waals surface area contributed by atoms with E-state index >= 15 is 0 Å². The first kappa shape index (κ1) is 12.9. The van der Waals surface area contributed by atoms with Crippen LogP contribution < -0.4 is 10.6 Å². The van der Waals surface area contributed by atoms with Gasteiger partial charge in [-0.2, -0.15) is 0 Å². The summed E-state index contributed by atoms with van der Waals surface area (Å²) in [6.45, 7) is 3.87. The van der Waals surface area contributed by atoms with Crippen molar-refractivity contribution >= 4 is 5.91 Å². The fraction of sp³-hybridized carbons (Fsp3) is 0.929. The molecule has 0 aromatic rings. The standard InChI is InChI=1S/C14H26N2O/c1-11-10-13(11)14(17)16-9-8-15-12-6-4-2-3-5-7-12/h11-13,15H,2-10H2,1H3,(H,16,17)/t11-,13-/m0/s1. The Kier molecular flexibility index (Phi) is 4.84. The Morgan fingerprint density at radius 3 is 2.35 bits per heavy atom. The fourth-order valence-electron chi connectivity index (χ4n) is 2.76. The summed E-state index contributed by atoms with van der Waals surface area (Å²) in [7, 11) is 0. The predicted molar refractivity (Wildman–Crippen MR) is 69.8 cm³/mol. The SMILES string of the molecule is C[C@H]1C[C@@H]1C(=O)NCCNC1CCCCCC1. The summed E-state index contributed by atoms with van der Waals surface area (Å²) in [5, 5.41) is 6.60. The van der Waals surface area contributed by atoms with Crippen LogP contribution in [0.25, 0.3) is 0 Å². The molecular formula is C14H26N2O. The molecule has 2 fully saturated rings. The molecule has 98 valence electrons. The second kappa shape index (κ2) is 6.39. The quantitative estimate of drug-likeness (QED) is 0.569. The molecule has 0 heterocycles. The smallest absolute Gasteiger partial charge is 0.223 e. The van der Waals surface area contributed by atoms with Crippen LogP contribution in [-0.4, -0.2) is 25.0 Å². The lowest BCUT2D eigenvalue weighted by atomic mass is 10.1. The molecule has 0 bridgehead atoms. The lowest BCUT2D eigenvalue weighted by Gasteiger charge is -2.16. The zero-order valence-electron chi connectivity index (χ0n) is 11.0. The minimum atomic E-state index is 0.264. The van der Waals surface area contributed by atoms with Crippen molar-refractivity contribution in [3.05, 3.63) is 0 Å². The van der Waals surface area contributed by atoms with Gasteiger partial charge in [-0.1, -0.05) is 32.6 Å². The van der Waals surface area contributed by atoms with Crippen molar-refractivity contribution in [3.63, 3.8) is 0 Å². The zero-order chi connectivity index (χ0) is 12.1. The molecule has 0 aromatic carbocycles. The maximum atomic E-state index is 11.6. The number of nitrogens with one attached hydrogen (secondary N) is 2. The molecule has 2 aliphatic carbocycles. The molecule has 0 radical (unpaired) electrons. The molecule has 2 N–H and O–H groups in total. The fourth-order valence-corrected chi connectivity index (χ4v) is 2.76. The first-order chi connectivity index (χ1) is 8.27. The number of hydrogen-bond acceptors (Lipinski definition) is 2. The van der Waals surface area contributed by atoms with E-state index in [1.807, 2.05) is 0 Å². The number of rotatable bonds is 5. The third kappa shape index (κ3) is 4.30. The molecule has 0 unspecified atom stereocenters. The van der Waals surface area contributed by atoms with E-state index in [-0.39, 0.29) is 5.91 Å².